The number of rotatable bonds is 4. The van der Waals surface area contributed by atoms with Gasteiger partial charge >= 0.3 is 0 Å². The molecule has 6 heteroatoms. The van der Waals surface area contributed by atoms with Gasteiger partial charge in [0.25, 0.3) is 5.91 Å². The van der Waals surface area contributed by atoms with Crippen LogP contribution in [0.3, 0.4) is 0 Å². The zero-order valence-electron chi connectivity index (χ0n) is 17.9. The number of likely N-dealkylation sites (tertiary alicyclic amines) is 1. The van der Waals surface area contributed by atoms with E-state index in [9.17, 15) is 13.6 Å². The number of hydrogen-bond donors (Lipinski definition) is 0. The summed E-state index contributed by atoms with van der Waals surface area (Å²) in [5.41, 5.74) is 1.82. The van der Waals surface area contributed by atoms with Crippen LogP contribution >= 0.6 is 0 Å². The Kier molecular flexibility index (Phi) is 5.73. The van der Waals surface area contributed by atoms with Crippen LogP contribution in [0.25, 0.3) is 10.8 Å². The van der Waals surface area contributed by atoms with Crippen molar-refractivity contribution in [1.29, 1.82) is 0 Å². The summed E-state index contributed by atoms with van der Waals surface area (Å²) >= 11 is 0. The number of amides is 1. The van der Waals surface area contributed by atoms with Crippen LogP contribution in [-0.4, -0.2) is 28.9 Å². The number of pyridine rings is 1. The maximum Gasteiger partial charge on any atom is 0.256 e. The molecule has 1 aliphatic heterocycles. The van der Waals surface area contributed by atoms with Gasteiger partial charge in [-0.25, -0.2) is 13.8 Å². The molecule has 4 aromatic rings. The largest absolute Gasteiger partial charge is 0.438 e. The number of hydrogen-bond acceptors (Lipinski definition) is 3. The van der Waals surface area contributed by atoms with Gasteiger partial charge in [-0.3, -0.25) is 4.79 Å². The predicted octanol–water partition coefficient (Wildman–Crippen LogP) is 6.33. The second-order valence-corrected chi connectivity index (χ2v) is 8.18. The first-order valence-electron chi connectivity index (χ1n) is 10.9. The van der Waals surface area contributed by atoms with Crippen molar-refractivity contribution in [2.45, 2.75) is 18.8 Å². The molecule has 2 heterocycles. The van der Waals surface area contributed by atoms with Crippen molar-refractivity contribution in [1.82, 2.24) is 9.88 Å². The molecule has 1 fully saturated rings. The van der Waals surface area contributed by atoms with Gasteiger partial charge in [0, 0.05) is 36.1 Å². The maximum atomic E-state index is 13.6. The third kappa shape index (κ3) is 4.29. The molecule has 0 N–H and O–H groups in total. The Labute approximate surface area is 190 Å². The van der Waals surface area contributed by atoms with E-state index in [-0.39, 0.29) is 17.5 Å². The van der Waals surface area contributed by atoms with Crippen LogP contribution in [0.2, 0.25) is 0 Å². The number of ether oxygens (including phenoxy) is 1. The Morgan fingerprint density at radius 2 is 1.58 bits per heavy atom. The fourth-order valence-electron chi connectivity index (χ4n) is 4.38. The zero-order valence-corrected chi connectivity index (χ0v) is 17.9. The molecule has 1 saturated heterocycles. The highest BCUT2D eigenvalue weighted by molar-refractivity contribution is 6.07. The molecular weight excluding hydrogens is 422 g/mol. The molecule has 1 aromatic heterocycles. The number of halogens is 2. The summed E-state index contributed by atoms with van der Waals surface area (Å²) in [6.45, 7) is 1.36. The number of benzene rings is 3. The number of nitrogens with zero attached hydrogens (tertiary/aromatic N) is 2. The topological polar surface area (TPSA) is 42.4 Å². The van der Waals surface area contributed by atoms with Gasteiger partial charge in [0.1, 0.15) is 5.75 Å². The summed E-state index contributed by atoms with van der Waals surface area (Å²) < 4.78 is 32.6. The number of carbonyl (C=O) groups excluding carboxylic acids is 1. The molecule has 3 aromatic carbocycles. The second kappa shape index (κ2) is 8.98. The highest BCUT2D eigenvalue weighted by atomic mass is 19.2. The van der Waals surface area contributed by atoms with Crippen LogP contribution in [0.5, 0.6) is 11.6 Å². The van der Waals surface area contributed by atoms with Gasteiger partial charge in [-0.05, 0) is 42.5 Å². The Morgan fingerprint density at radius 1 is 0.879 bits per heavy atom. The molecule has 166 valence electrons. The van der Waals surface area contributed by atoms with E-state index in [0.717, 1.165) is 25.0 Å². The minimum Gasteiger partial charge on any atom is -0.438 e. The van der Waals surface area contributed by atoms with Crippen LogP contribution in [0.4, 0.5) is 8.78 Å². The Hall–Kier alpha value is -3.80. The minimum atomic E-state index is -0.998. The molecule has 0 radical (unpaired) electrons. The quantitative estimate of drug-likeness (QED) is 0.370. The Morgan fingerprint density at radius 3 is 2.30 bits per heavy atom. The first-order chi connectivity index (χ1) is 16.1. The van der Waals surface area contributed by atoms with E-state index < -0.39 is 11.6 Å². The lowest BCUT2D eigenvalue weighted by molar-refractivity contribution is 0.0714. The van der Waals surface area contributed by atoms with E-state index >= 15 is 0 Å². The van der Waals surface area contributed by atoms with Gasteiger partial charge < -0.3 is 9.64 Å². The number of aromatic nitrogens is 1. The summed E-state index contributed by atoms with van der Waals surface area (Å²) in [6, 6.07) is 21.0. The molecule has 0 saturated carbocycles. The first-order valence-corrected chi connectivity index (χ1v) is 10.9. The van der Waals surface area contributed by atoms with Crippen LogP contribution in [0, 0.1) is 11.6 Å². The molecule has 4 nitrogen and oxygen atoms in total. The van der Waals surface area contributed by atoms with Gasteiger partial charge in [-0.1, -0.05) is 48.5 Å². The third-order valence-electron chi connectivity index (χ3n) is 6.15. The molecule has 0 atom stereocenters. The van der Waals surface area contributed by atoms with E-state index in [0.29, 0.717) is 35.3 Å². The van der Waals surface area contributed by atoms with Crippen LogP contribution in [-0.2, 0) is 0 Å². The molecular formula is C27H22F2N2O2. The predicted molar refractivity (Wildman–Crippen MR) is 122 cm³/mol. The normalized spacial score (nSPS) is 14.4. The van der Waals surface area contributed by atoms with Gasteiger partial charge in [0.2, 0.25) is 5.88 Å². The fourth-order valence-corrected chi connectivity index (χ4v) is 4.38. The lowest BCUT2D eigenvalue weighted by Crippen LogP contribution is -2.38. The molecule has 0 aliphatic carbocycles. The lowest BCUT2D eigenvalue weighted by Gasteiger charge is -2.32. The van der Waals surface area contributed by atoms with Crippen molar-refractivity contribution < 1.29 is 18.3 Å². The first kappa shape index (κ1) is 21.1. The van der Waals surface area contributed by atoms with Crippen molar-refractivity contribution in [3.8, 4) is 11.6 Å². The summed E-state index contributed by atoms with van der Waals surface area (Å²) in [6.07, 6.45) is 3.33. The molecule has 5 rings (SSSR count). The van der Waals surface area contributed by atoms with E-state index in [1.807, 2.05) is 29.2 Å². The summed E-state index contributed by atoms with van der Waals surface area (Å²) in [4.78, 5) is 19.6. The van der Waals surface area contributed by atoms with Gasteiger partial charge in [0.15, 0.2) is 11.6 Å². The van der Waals surface area contributed by atoms with E-state index in [4.69, 9.17) is 4.74 Å². The average Bonchev–Trinajstić information content (AvgIpc) is 2.87. The van der Waals surface area contributed by atoms with Crippen LogP contribution < -0.4 is 4.74 Å². The van der Waals surface area contributed by atoms with Crippen LogP contribution in [0.1, 0.15) is 34.7 Å². The monoisotopic (exact) mass is 444 g/mol. The second-order valence-electron chi connectivity index (χ2n) is 8.18. The van der Waals surface area contributed by atoms with Crippen molar-refractivity contribution in [2.24, 2.45) is 0 Å². The fraction of sp³-hybridized carbons (Fsp3) is 0.185. The summed E-state index contributed by atoms with van der Waals surface area (Å²) in [5, 5.41) is 1.34. The Balaban J connectivity index is 1.38. The van der Waals surface area contributed by atoms with Crippen molar-refractivity contribution in [3.63, 3.8) is 0 Å². The van der Waals surface area contributed by atoms with E-state index in [1.54, 1.807) is 6.07 Å². The molecule has 0 spiro atoms. The smallest absolute Gasteiger partial charge is 0.256 e. The maximum absolute atomic E-state index is 13.6. The van der Waals surface area contributed by atoms with Gasteiger partial charge in [-0.2, -0.15) is 0 Å². The molecule has 1 amide bonds. The molecule has 0 bridgehead atoms. The third-order valence-corrected chi connectivity index (χ3v) is 6.15. The molecule has 33 heavy (non-hydrogen) atoms. The average molecular weight is 444 g/mol. The molecule has 1 aliphatic rings. The van der Waals surface area contributed by atoms with Crippen LogP contribution in [0.15, 0.2) is 79.0 Å². The molecule has 0 unspecified atom stereocenters. The Bertz CT molecular complexity index is 1300. The van der Waals surface area contributed by atoms with Gasteiger partial charge in [0.05, 0.1) is 5.56 Å². The number of piperidine rings is 1. The lowest BCUT2D eigenvalue weighted by atomic mass is 9.89. The number of carbonyl (C=O) groups is 1. The van der Waals surface area contributed by atoms with Gasteiger partial charge in [-0.15, -0.1) is 0 Å². The SMILES string of the molecule is O=C(c1cnc(Oc2ccc(F)c(F)c2)c2ccccc12)N1CCC(c2ccccc2)CC1. The van der Waals surface area contributed by atoms with E-state index in [2.05, 4.69) is 29.2 Å². The van der Waals surface area contributed by atoms with Crippen molar-refractivity contribution in [3.05, 3.63) is 102 Å². The standard InChI is InChI=1S/C27H22F2N2O2/c28-24-11-10-20(16-25(24)29)33-26-22-9-5-4-8-21(22)23(17-30-26)27(32)31-14-12-19(13-15-31)18-6-2-1-3-7-18/h1-11,16-17,19H,12-15H2. The highest BCUT2D eigenvalue weighted by Crippen LogP contribution is 2.33. The van der Waals surface area contributed by atoms with Crippen molar-refractivity contribution in [2.75, 3.05) is 13.1 Å². The zero-order chi connectivity index (χ0) is 22.8. The summed E-state index contributed by atoms with van der Waals surface area (Å²) in [7, 11) is 0. The number of fused-ring (bicyclic) bond motifs is 1. The minimum absolute atomic E-state index is 0.0652. The van der Waals surface area contributed by atoms with Crippen molar-refractivity contribution >= 4 is 16.7 Å². The highest BCUT2D eigenvalue weighted by Gasteiger charge is 2.26. The van der Waals surface area contributed by atoms with E-state index in [1.165, 1.54) is 17.8 Å². The summed E-state index contributed by atoms with van der Waals surface area (Å²) in [5.74, 6) is -1.19.